The van der Waals surface area contributed by atoms with Gasteiger partial charge in [-0.05, 0) is 32.6 Å². The quantitative estimate of drug-likeness (QED) is 0.260. The van der Waals surface area contributed by atoms with Gasteiger partial charge in [0.05, 0.1) is 19.8 Å². The smallest absolute Gasteiger partial charge is 0.191 e. The molecule has 0 heterocycles. The fraction of sp³-hybridized carbons (Fsp3) is 0.923. The average Bonchev–Trinajstić information content (AvgIpc) is 3.18. The number of ether oxygens (including phenoxy) is 2. The van der Waals surface area contributed by atoms with Crippen molar-refractivity contribution in [3.8, 4) is 0 Å². The first-order valence-electron chi connectivity index (χ1n) is 7.04. The van der Waals surface area contributed by atoms with Crippen LogP contribution in [0.15, 0.2) is 4.99 Å². The van der Waals surface area contributed by atoms with E-state index in [0.717, 1.165) is 44.8 Å². The molecular weight excluding hydrogens is 357 g/mol. The first-order valence-corrected chi connectivity index (χ1v) is 7.04. The maximum Gasteiger partial charge on any atom is 0.191 e. The van der Waals surface area contributed by atoms with Crippen LogP contribution in [0.1, 0.15) is 26.7 Å². The fourth-order valence-electron chi connectivity index (χ4n) is 1.48. The monoisotopic (exact) mass is 385 g/mol. The molecule has 5 nitrogen and oxygen atoms in total. The average molecular weight is 385 g/mol. The summed E-state index contributed by atoms with van der Waals surface area (Å²) in [6.45, 7) is 9.47. The molecule has 6 heteroatoms. The number of rotatable bonds is 10. The molecule has 1 rings (SSSR count). The first kappa shape index (κ1) is 18.9. The molecule has 1 aliphatic rings. The fourth-order valence-corrected chi connectivity index (χ4v) is 1.48. The molecule has 0 aromatic rings. The number of aliphatic imine (C=N–C) groups is 1. The van der Waals surface area contributed by atoms with Gasteiger partial charge in [-0.3, -0.25) is 4.99 Å². The molecule has 0 saturated heterocycles. The van der Waals surface area contributed by atoms with Gasteiger partial charge in [-0.15, -0.1) is 24.0 Å². The molecule has 0 bridgehead atoms. The molecule has 1 fully saturated rings. The van der Waals surface area contributed by atoms with Gasteiger partial charge in [-0.2, -0.15) is 0 Å². The minimum atomic E-state index is 0. The zero-order valence-electron chi connectivity index (χ0n) is 12.1. The molecule has 0 aromatic carbocycles. The SMILES string of the molecule is CCNC(=NCCOCC)NCCOCC1CC1.I. The van der Waals surface area contributed by atoms with Crippen molar-refractivity contribution < 1.29 is 9.47 Å². The van der Waals surface area contributed by atoms with Crippen molar-refractivity contribution in [2.45, 2.75) is 26.7 Å². The first-order chi connectivity index (χ1) is 8.86. The minimum absolute atomic E-state index is 0. The second-order valence-corrected chi connectivity index (χ2v) is 4.40. The van der Waals surface area contributed by atoms with Gasteiger partial charge in [0.15, 0.2) is 5.96 Å². The Balaban J connectivity index is 0.00000324. The summed E-state index contributed by atoms with van der Waals surface area (Å²) >= 11 is 0. The van der Waals surface area contributed by atoms with Gasteiger partial charge < -0.3 is 20.1 Å². The third-order valence-corrected chi connectivity index (χ3v) is 2.64. The highest BCUT2D eigenvalue weighted by Gasteiger charge is 2.20. The maximum atomic E-state index is 5.56. The van der Waals surface area contributed by atoms with Crippen LogP contribution in [0.25, 0.3) is 0 Å². The summed E-state index contributed by atoms with van der Waals surface area (Å²) in [5.41, 5.74) is 0. The molecule has 2 N–H and O–H groups in total. The molecule has 19 heavy (non-hydrogen) atoms. The van der Waals surface area contributed by atoms with Gasteiger partial charge >= 0.3 is 0 Å². The predicted molar refractivity (Wildman–Crippen MR) is 89.4 cm³/mol. The van der Waals surface area contributed by atoms with Crippen LogP contribution in [-0.2, 0) is 9.47 Å². The molecular formula is C13H28IN3O2. The summed E-state index contributed by atoms with van der Waals surface area (Å²) in [4.78, 5) is 4.41. The molecule has 1 aliphatic carbocycles. The van der Waals surface area contributed by atoms with Crippen molar-refractivity contribution in [3.63, 3.8) is 0 Å². The summed E-state index contributed by atoms with van der Waals surface area (Å²) in [5, 5.41) is 6.45. The Bertz CT molecular complexity index is 236. The largest absolute Gasteiger partial charge is 0.380 e. The van der Waals surface area contributed by atoms with Crippen LogP contribution in [-0.4, -0.2) is 52.0 Å². The molecule has 0 aromatic heterocycles. The zero-order valence-corrected chi connectivity index (χ0v) is 14.4. The van der Waals surface area contributed by atoms with Crippen molar-refractivity contribution in [1.29, 1.82) is 0 Å². The number of nitrogens with one attached hydrogen (secondary N) is 2. The van der Waals surface area contributed by atoms with E-state index >= 15 is 0 Å². The second-order valence-electron chi connectivity index (χ2n) is 4.40. The van der Waals surface area contributed by atoms with Crippen LogP contribution in [0.2, 0.25) is 0 Å². The number of hydrogen-bond acceptors (Lipinski definition) is 3. The molecule has 0 amide bonds. The summed E-state index contributed by atoms with van der Waals surface area (Å²) in [6, 6.07) is 0. The second kappa shape index (κ2) is 12.9. The summed E-state index contributed by atoms with van der Waals surface area (Å²) in [5.74, 6) is 1.67. The van der Waals surface area contributed by atoms with Crippen molar-refractivity contribution in [2.75, 3.05) is 46.1 Å². The Hall–Kier alpha value is -0.0800. The van der Waals surface area contributed by atoms with Crippen molar-refractivity contribution in [1.82, 2.24) is 10.6 Å². The lowest BCUT2D eigenvalue weighted by atomic mass is 10.5. The Morgan fingerprint density at radius 2 is 1.95 bits per heavy atom. The summed E-state index contributed by atoms with van der Waals surface area (Å²) in [7, 11) is 0. The van der Waals surface area contributed by atoms with E-state index in [0.29, 0.717) is 13.2 Å². The Morgan fingerprint density at radius 1 is 1.16 bits per heavy atom. The summed E-state index contributed by atoms with van der Waals surface area (Å²) in [6.07, 6.45) is 2.68. The molecule has 1 saturated carbocycles. The van der Waals surface area contributed by atoms with Crippen molar-refractivity contribution >= 4 is 29.9 Å². The molecule has 114 valence electrons. The van der Waals surface area contributed by atoms with E-state index in [1.165, 1.54) is 12.8 Å². The van der Waals surface area contributed by atoms with Gasteiger partial charge in [0, 0.05) is 26.3 Å². The third kappa shape index (κ3) is 11.4. The highest BCUT2D eigenvalue weighted by atomic mass is 127. The molecule has 0 radical (unpaired) electrons. The van der Waals surface area contributed by atoms with Crippen LogP contribution < -0.4 is 10.6 Å². The van der Waals surface area contributed by atoms with E-state index in [2.05, 4.69) is 22.5 Å². The van der Waals surface area contributed by atoms with Crippen LogP contribution in [0.4, 0.5) is 0 Å². The van der Waals surface area contributed by atoms with Crippen LogP contribution in [0.3, 0.4) is 0 Å². The maximum absolute atomic E-state index is 5.56. The van der Waals surface area contributed by atoms with E-state index < -0.39 is 0 Å². The van der Waals surface area contributed by atoms with Crippen molar-refractivity contribution in [3.05, 3.63) is 0 Å². The standard InChI is InChI=1S/C13H27N3O2.HI/c1-3-14-13(15-7-9-17-4-2)16-8-10-18-11-12-5-6-12;/h12H,3-11H2,1-2H3,(H2,14,15,16);1H. The lowest BCUT2D eigenvalue weighted by Gasteiger charge is -2.11. The number of hydrogen-bond donors (Lipinski definition) is 2. The highest BCUT2D eigenvalue weighted by Crippen LogP contribution is 2.28. The topological polar surface area (TPSA) is 54.9 Å². The van der Waals surface area contributed by atoms with Gasteiger partial charge in [-0.1, -0.05) is 0 Å². The normalized spacial score (nSPS) is 14.9. The molecule has 0 spiro atoms. The molecule has 0 aliphatic heterocycles. The van der Waals surface area contributed by atoms with Gasteiger partial charge in [0.1, 0.15) is 0 Å². The van der Waals surface area contributed by atoms with Gasteiger partial charge in [-0.25, -0.2) is 0 Å². The Morgan fingerprint density at radius 3 is 2.58 bits per heavy atom. The predicted octanol–water partition coefficient (Wildman–Crippen LogP) is 1.62. The lowest BCUT2D eigenvalue weighted by Crippen LogP contribution is -2.39. The summed E-state index contributed by atoms with van der Waals surface area (Å²) < 4.78 is 10.8. The van der Waals surface area contributed by atoms with E-state index in [1.54, 1.807) is 0 Å². The zero-order chi connectivity index (χ0) is 13.1. The van der Waals surface area contributed by atoms with E-state index in [4.69, 9.17) is 9.47 Å². The van der Waals surface area contributed by atoms with Gasteiger partial charge in [0.2, 0.25) is 0 Å². The van der Waals surface area contributed by atoms with Gasteiger partial charge in [0.25, 0.3) is 0 Å². The van der Waals surface area contributed by atoms with Crippen LogP contribution >= 0.6 is 24.0 Å². The highest BCUT2D eigenvalue weighted by molar-refractivity contribution is 14.0. The van der Waals surface area contributed by atoms with Crippen molar-refractivity contribution in [2.24, 2.45) is 10.9 Å². The van der Waals surface area contributed by atoms with Crippen LogP contribution in [0.5, 0.6) is 0 Å². The number of nitrogens with zero attached hydrogens (tertiary/aromatic N) is 1. The van der Waals surface area contributed by atoms with E-state index in [1.807, 2.05) is 6.92 Å². The number of guanidine groups is 1. The minimum Gasteiger partial charge on any atom is -0.380 e. The third-order valence-electron chi connectivity index (χ3n) is 2.64. The van der Waals surface area contributed by atoms with E-state index in [-0.39, 0.29) is 24.0 Å². The molecule has 0 unspecified atom stereocenters. The lowest BCUT2D eigenvalue weighted by molar-refractivity contribution is 0.129. The van der Waals surface area contributed by atoms with E-state index in [9.17, 15) is 0 Å². The Labute approximate surface area is 133 Å². The number of halogens is 1. The van der Waals surface area contributed by atoms with Crippen LogP contribution in [0, 0.1) is 5.92 Å². The Kier molecular flexibility index (Phi) is 12.9. The molecule has 0 atom stereocenters.